The Labute approximate surface area is 74.2 Å². The summed E-state index contributed by atoms with van der Waals surface area (Å²) < 4.78 is 0. The number of hydrogen-bond acceptors (Lipinski definition) is 2. The zero-order chi connectivity index (χ0) is 8.55. The number of rotatable bonds is 0. The van der Waals surface area contributed by atoms with Gasteiger partial charge in [0.1, 0.15) is 5.50 Å². The van der Waals surface area contributed by atoms with E-state index in [0.29, 0.717) is 5.71 Å². The average Bonchev–Trinajstić information content (AvgIpc) is 2.05. The Morgan fingerprint density at radius 1 is 1.42 bits per heavy atom. The molecule has 1 amide bonds. The Bertz CT molecular complexity index is 352. The largest absolute Gasteiger partial charge is 0.270 e. The molecule has 0 saturated carbocycles. The third kappa shape index (κ3) is 1.23. The Kier molecular flexibility index (Phi) is 1.66. The normalized spacial score (nSPS) is 26.4. The molecule has 2 heterocycles. The molecule has 0 aromatic carbocycles. The van der Waals surface area contributed by atoms with Crippen molar-refractivity contribution in [3.63, 3.8) is 0 Å². The number of carbonyl (C=O) groups is 1. The zero-order valence-corrected chi connectivity index (χ0v) is 6.82. The van der Waals surface area contributed by atoms with Crippen LogP contribution >= 0.6 is 11.6 Å². The summed E-state index contributed by atoms with van der Waals surface area (Å²) >= 11 is 5.72. The molecule has 0 aromatic rings. The molecule has 0 radical (unpaired) electrons. The van der Waals surface area contributed by atoms with Gasteiger partial charge >= 0.3 is 0 Å². The van der Waals surface area contributed by atoms with Crippen LogP contribution < -0.4 is 0 Å². The molecule has 0 aromatic heterocycles. The molecule has 60 valence electrons. The summed E-state index contributed by atoms with van der Waals surface area (Å²) in [5.41, 5.74) is 1.13. The van der Waals surface area contributed by atoms with E-state index in [1.54, 1.807) is 12.2 Å². The van der Waals surface area contributed by atoms with Crippen LogP contribution in [0.1, 0.15) is 0 Å². The Hall–Kier alpha value is -1.22. The monoisotopic (exact) mass is 180 g/mol. The summed E-state index contributed by atoms with van der Waals surface area (Å²) in [4.78, 5) is 18.5. The van der Waals surface area contributed by atoms with Crippen LogP contribution in [-0.2, 0) is 4.79 Å². The van der Waals surface area contributed by atoms with E-state index in [0.717, 1.165) is 5.57 Å². The van der Waals surface area contributed by atoms with Crippen molar-refractivity contribution in [2.75, 3.05) is 0 Å². The lowest BCUT2D eigenvalue weighted by Crippen LogP contribution is -2.16. The molecule has 3 nitrogen and oxygen atoms in total. The van der Waals surface area contributed by atoms with E-state index in [1.807, 2.05) is 0 Å². The fourth-order valence-electron chi connectivity index (χ4n) is 1.04. The summed E-state index contributed by atoms with van der Waals surface area (Å²) in [5.74, 6) is -0.248. The predicted octanol–water partition coefficient (Wildman–Crippen LogP) is 1.10. The van der Waals surface area contributed by atoms with Crippen LogP contribution in [0.4, 0.5) is 0 Å². The number of aliphatic imine (C=N–C) groups is 2. The van der Waals surface area contributed by atoms with Crippen LogP contribution in [0, 0.1) is 0 Å². The van der Waals surface area contributed by atoms with Gasteiger partial charge in [0.2, 0.25) is 0 Å². The highest BCUT2D eigenvalue weighted by Crippen LogP contribution is 2.15. The van der Waals surface area contributed by atoms with E-state index in [9.17, 15) is 4.79 Å². The van der Waals surface area contributed by atoms with Crippen molar-refractivity contribution in [3.05, 3.63) is 23.8 Å². The molecule has 0 spiro atoms. The minimum Gasteiger partial charge on any atom is -0.267 e. The molecule has 2 rings (SSSR count). The maximum absolute atomic E-state index is 10.8. The first kappa shape index (κ1) is 7.43. The highest BCUT2D eigenvalue weighted by atomic mass is 35.5. The quantitative estimate of drug-likeness (QED) is 0.407. The van der Waals surface area contributed by atoms with Crippen LogP contribution in [0.15, 0.2) is 33.8 Å². The van der Waals surface area contributed by atoms with Crippen molar-refractivity contribution in [2.45, 2.75) is 5.50 Å². The Morgan fingerprint density at radius 3 is 3.08 bits per heavy atom. The fraction of sp³-hybridized carbons (Fsp3) is 0.125. The highest BCUT2D eigenvalue weighted by Gasteiger charge is 2.14. The lowest BCUT2D eigenvalue weighted by atomic mass is 10.1. The summed E-state index contributed by atoms with van der Waals surface area (Å²) in [6, 6.07) is 0. The van der Waals surface area contributed by atoms with Crippen LogP contribution in [0.3, 0.4) is 0 Å². The number of alkyl halides is 1. The van der Waals surface area contributed by atoms with Gasteiger partial charge < -0.3 is 0 Å². The second kappa shape index (κ2) is 2.68. The van der Waals surface area contributed by atoms with Gasteiger partial charge in [-0.15, -0.1) is 0 Å². The number of fused-ring (bicyclic) bond motifs is 1. The second-order valence-corrected chi connectivity index (χ2v) is 2.89. The number of dihydropyridines is 2. The van der Waals surface area contributed by atoms with E-state index >= 15 is 0 Å². The lowest BCUT2D eigenvalue weighted by molar-refractivity contribution is -0.113. The maximum atomic E-state index is 10.8. The molecule has 0 saturated heterocycles. The van der Waals surface area contributed by atoms with Gasteiger partial charge in [-0.2, -0.15) is 0 Å². The van der Waals surface area contributed by atoms with Crippen LogP contribution in [-0.4, -0.2) is 23.3 Å². The molecule has 0 N–H and O–H groups in total. The molecule has 2 aliphatic rings. The van der Waals surface area contributed by atoms with Gasteiger partial charge in [-0.1, -0.05) is 11.6 Å². The summed E-state index contributed by atoms with van der Waals surface area (Å²) in [5, 5.41) is 0. The smallest absolute Gasteiger partial charge is 0.267 e. The minimum atomic E-state index is -0.336. The van der Waals surface area contributed by atoms with Crippen LogP contribution in [0.5, 0.6) is 0 Å². The summed E-state index contributed by atoms with van der Waals surface area (Å²) in [6.45, 7) is 0. The third-order valence-corrected chi connectivity index (χ3v) is 1.83. The summed E-state index contributed by atoms with van der Waals surface area (Å²) in [6.07, 6.45) is 6.39. The van der Waals surface area contributed by atoms with Gasteiger partial charge in [0, 0.05) is 17.9 Å². The first-order chi connectivity index (χ1) is 5.75. The van der Waals surface area contributed by atoms with Crippen LogP contribution in [0.2, 0.25) is 0 Å². The summed E-state index contributed by atoms with van der Waals surface area (Å²) in [7, 11) is 0. The van der Waals surface area contributed by atoms with Crippen molar-refractivity contribution in [1.82, 2.24) is 0 Å². The van der Waals surface area contributed by atoms with Crippen molar-refractivity contribution in [2.24, 2.45) is 9.98 Å². The van der Waals surface area contributed by atoms with Gasteiger partial charge in [0.05, 0.1) is 5.71 Å². The zero-order valence-electron chi connectivity index (χ0n) is 6.07. The highest BCUT2D eigenvalue weighted by molar-refractivity contribution is 6.43. The van der Waals surface area contributed by atoms with Gasteiger partial charge in [0.15, 0.2) is 0 Å². The predicted molar refractivity (Wildman–Crippen MR) is 47.8 cm³/mol. The van der Waals surface area contributed by atoms with Crippen molar-refractivity contribution < 1.29 is 4.79 Å². The SMILES string of the molecule is O=C1C=CC2=CC(Cl)N=CC2=N1. The van der Waals surface area contributed by atoms with Gasteiger partial charge in [-0.25, -0.2) is 4.99 Å². The molecule has 2 aliphatic heterocycles. The Morgan fingerprint density at radius 2 is 2.25 bits per heavy atom. The van der Waals surface area contributed by atoms with Crippen molar-refractivity contribution in [1.29, 1.82) is 0 Å². The van der Waals surface area contributed by atoms with E-state index in [2.05, 4.69) is 9.98 Å². The second-order valence-electron chi connectivity index (χ2n) is 2.44. The van der Waals surface area contributed by atoms with Gasteiger partial charge in [-0.3, -0.25) is 9.79 Å². The Balaban J connectivity index is 2.41. The number of carbonyl (C=O) groups excluding carboxylic acids is 1. The average molecular weight is 181 g/mol. The number of hydrogen-bond donors (Lipinski definition) is 0. The van der Waals surface area contributed by atoms with E-state index < -0.39 is 0 Å². The molecular weight excluding hydrogens is 176 g/mol. The van der Waals surface area contributed by atoms with E-state index in [1.165, 1.54) is 12.3 Å². The molecule has 0 bridgehead atoms. The van der Waals surface area contributed by atoms with Crippen molar-refractivity contribution >= 4 is 29.4 Å². The number of halogens is 1. The van der Waals surface area contributed by atoms with Crippen LogP contribution in [0.25, 0.3) is 0 Å². The molecule has 4 heteroatoms. The van der Waals surface area contributed by atoms with Crippen molar-refractivity contribution in [3.8, 4) is 0 Å². The molecule has 0 fully saturated rings. The lowest BCUT2D eigenvalue weighted by Gasteiger charge is -2.11. The maximum Gasteiger partial charge on any atom is 0.270 e. The topological polar surface area (TPSA) is 41.8 Å². The number of allylic oxidation sites excluding steroid dienone is 2. The number of nitrogens with zero attached hydrogens (tertiary/aromatic N) is 2. The molecule has 0 aliphatic carbocycles. The van der Waals surface area contributed by atoms with Gasteiger partial charge in [-0.05, 0) is 12.2 Å². The fourth-order valence-corrected chi connectivity index (χ4v) is 1.24. The standard InChI is InChI=1S/C8H5ClN2O/c9-7-3-5-1-2-8(12)11-6(5)4-10-7/h1-4,7H. The van der Waals surface area contributed by atoms with E-state index in [4.69, 9.17) is 11.6 Å². The first-order valence-electron chi connectivity index (χ1n) is 3.46. The number of amides is 1. The van der Waals surface area contributed by atoms with Gasteiger partial charge in [0.25, 0.3) is 5.91 Å². The molecule has 1 unspecified atom stereocenters. The third-order valence-electron chi connectivity index (χ3n) is 1.59. The first-order valence-corrected chi connectivity index (χ1v) is 3.89. The minimum absolute atomic E-state index is 0.248. The molecular formula is C8H5ClN2O. The van der Waals surface area contributed by atoms with E-state index in [-0.39, 0.29) is 11.4 Å². The molecule has 1 atom stereocenters. The molecule has 12 heavy (non-hydrogen) atoms.